The second-order valence-electron chi connectivity index (χ2n) is 7.29. The molecule has 0 spiro atoms. The molecule has 3 aromatic rings. The average molecular weight is 466 g/mol. The molecule has 0 bridgehead atoms. The molecule has 1 fully saturated rings. The Morgan fingerprint density at radius 2 is 1.83 bits per heavy atom. The standard InChI is InChI=1S/C22H22Cl2N4O.ClH/c1-14-2-5-17(6-3-14)28-21(15-8-10-25-11-9-15)18(13-26-28)22(29)27-20-12-16(23)4-7-19(20)24;/h2-7,12-13,15,25H,8-11H2,1H3,(H,27,29);1H. The van der Waals surface area contributed by atoms with Crippen LogP contribution in [0.1, 0.15) is 40.4 Å². The van der Waals surface area contributed by atoms with Crippen molar-refractivity contribution in [3.8, 4) is 5.69 Å². The first kappa shape index (κ1) is 22.6. The first-order valence-electron chi connectivity index (χ1n) is 9.65. The maximum absolute atomic E-state index is 13.2. The largest absolute Gasteiger partial charge is 0.320 e. The normalized spacial score (nSPS) is 14.2. The van der Waals surface area contributed by atoms with E-state index in [-0.39, 0.29) is 24.2 Å². The summed E-state index contributed by atoms with van der Waals surface area (Å²) in [5.74, 6) is 0.0108. The third-order valence-electron chi connectivity index (χ3n) is 5.23. The summed E-state index contributed by atoms with van der Waals surface area (Å²) < 4.78 is 1.89. The number of aromatic nitrogens is 2. The van der Waals surface area contributed by atoms with Gasteiger partial charge in [-0.1, -0.05) is 40.9 Å². The van der Waals surface area contributed by atoms with E-state index in [9.17, 15) is 4.79 Å². The highest BCUT2D eigenvalue weighted by molar-refractivity contribution is 6.35. The Labute approximate surface area is 192 Å². The van der Waals surface area contributed by atoms with Gasteiger partial charge in [-0.3, -0.25) is 4.79 Å². The fourth-order valence-corrected chi connectivity index (χ4v) is 4.03. The van der Waals surface area contributed by atoms with E-state index in [0.29, 0.717) is 21.3 Å². The number of carbonyl (C=O) groups is 1. The predicted octanol–water partition coefficient (Wildman–Crippen LogP) is 5.63. The van der Waals surface area contributed by atoms with E-state index >= 15 is 0 Å². The minimum Gasteiger partial charge on any atom is -0.320 e. The fourth-order valence-electron chi connectivity index (χ4n) is 3.70. The number of piperidine rings is 1. The molecule has 0 aliphatic carbocycles. The number of anilines is 1. The molecule has 2 N–H and O–H groups in total. The van der Waals surface area contributed by atoms with Gasteiger partial charge in [0, 0.05) is 10.9 Å². The van der Waals surface area contributed by atoms with Crippen LogP contribution in [-0.2, 0) is 0 Å². The molecular weight excluding hydrogens is 443 g/mol. The first-order chi connectivity index (χ1) is 14.0. The summed E-state index contributed by atoms with van der Waals surface area (Å²) >= 11 is 12.3. The molecule has 1 aliphatic rings. The minimum atomic E-state index is -0.235. The molecule has 2 heterocycles. The zero-order chi connectivity index (χ0) is 20.4. The molecular formula is C22H23Cl3N4O. The Morgan fingerprint density at radius 1 is 1.13 bits per heavy atom. The van der Waals surface area contributed by atoms with Crippen molar-refractivity contribution in [1.82, 2.24) is 15.1 Å². The van der Waals surface area contributed by atoms with Gasteiger partial charge in [0.2, 0.25) is 0 Å². The van der Waals surface area contributed by atoms with Crippen LogP contribution in [0.5, 0.6) is 0 Å². The van der Waals surface area contributed by atoms with Gasteiger partial charge in [0.1, 0.15) is 0 Å². The monoisotopic (exact) mass is 464 g/mol. The van der Waals surface area contributed by atoms with Gasteiger partial charge in [-0.25, -0.2) is 4.68 Å². The summed E-state index contributed by atoms with van der Waals surface area (Å²) in [6.07, 6.45) is 3.55. The number of rotatable bonds is 4. The third kappa shape index (κ3) is 4.81. The molecule has 158 valence electrons. The highest BCUT2D eigenvalue weighted by atomic mass is 35.5. The van der Waals surface area contributed by atoms with E-state index in [2.05, 4.69) is 27.9 Å². The van der Waals surface area contributed by atoms with Gasteiger partial charge in [0.15, 0.2) is 0 Å². The zero-order valence-electron chi connectivity index (χ0n) is 16.5. The summed E-state index contributed by atoms with van der Waals surface area (Å²) in [4.78, 5) is 13.2. The number of nitrogens with one attached hydrogen (secondary N) is 2. The Morgan fingerprint density at radius 3 is 2.53 bits per heavy atom. The number of aryl methyl sites for hydroxylation is 1. The van der Waals surface area contributed by atoms with Crippen LogP contribution in [0, 0.1) is 6.92 Å². The van der Waals surface area contributed by atoms with Crippen molar-refractivity contribution < 1.29 is 4.79 Å². The maximum Gasteiger partial charge on any atom is 0.259 e. The molecule has 4 rings (SSSR count). The minimum absolute atomic E-state index is 0. The van der Waals surface area contributed by atoms with E-state index in [1.165, 1.54) is 5.56 Å². The Hall–Kier alpha value is -2.05. The second-order valence-corrected chi connectivity index (χ2v) is 8.14. The molecule has 1 saturated heterocycles. The number of nitrogens with zero attached hydrogens (tertiary/aromatic N) is 2. The first-order valence-corrected chi connectivity index (χ1v) is 10.4. The van der Waals surface area contributed by atoms with E-state index in [0.717, 1.165) is 37.3 Å². The van der Waals surface area contributed by atoms with Crippen molar-refractivity contribution in [2.24, 2.45) is 0 Å². The van der Waals surface area contributed by atoms with Crippen LogP contribution >= 0.6 is 35.6 Å². The van der Waals surface area contributed by atoms with Gasteiger partial charge in [-0.05, 0) is 63.2 Å². The Kier molecular flexibility index (Phi) is 7.42. The summed E-state index contributed by atoms with van der Waals surface area (Å²) in [6, 6.07) is 13.2. The number of halogens is 3. The van der Waals surface area contributed by atoms with Gasteiger partial charge in [0.05, 0.1) is 33.9 Å². The lowest BCUT2D eigenvalue weighted by Crippen LogP contribution is -2.29. The SMILES string of the molecule is Cc1ccc(-n2ncc(C(=O)Nc3cc(Cl)ccc3Cl)c2C2CCNCC2)cc1.Cl. The second kappa shape index (κ2) is 9.84. The van der Waals surface area contributed by atoms with Crippen LogP contribution in [0.4, 0.5) is 5.69 Å². The van der Waals surface area contributed by atoms with Crippen molar-refractivity contribution in [2.45, 2.75) is 25.7 Å². The number of benzene rings is 2. The van der Waals surface area contributed by atoms with E-state index < -0.39 is 0 Å². The van der Waals surface area contributed by atoms with E-state index in [4.69, 9.17) is 23.2 Å². The fraction of sp³-hybridized carbons (Fsp3) is 0.273. The molecule has 0 unspecified atom stereocenters. The van der Waals surface area contributed by atoms with Crippen LogP contribution in [0.3, 0.4) is 0 Å². The van der Waals surface area contributed by atoms with Gasteiger partial charge < -0.3 is 10.6 Å². The molecule has 0 atom stereocenters. The van der Waals surface area contributed by atoms with Gasteiger partial charge in [-0.2, -0.15) is 5.10 Å². The molecule has 0 saturated carbocycles. The number of carbonyl (C=O) groups excluding carboxylic acids is 1. The predicted molar refractivity (Wildman–Crippen MR) is 125 cm³/mol. The maximum atomic E-state index is 13.2. The van der Waals surface area contributed by atoms with E-state index in [1.807, 2.05) is 23.7 Å². The van der Waals surface area contributed by atoms with Crippen LogP contribution in [0.25, 0.3) is 5.69 Å². The molecule has 2 aromatic carbocycles. The van der Waals surface area contributed by atoms with E-state index in [1.54, 1.807) is 24.4 Å². The van der Waals surface area contributed by atoms with Crippen LogP contribution in [-0.4, -0.2) is 28.8 Å². The highest BCUT2D eigenvalue weighted by Gasteiger charge is 2.27. The summed E-state index contributed by atoms with van der Waals surface area (Å²) in [7, 11) is 0. The average Bonchev–Trinajstić information content (AvgIpc) is 3.17. The molecule has 1 aromatic heterocycles. The molecule has 5 nitrogen and oxygen atoms in total. The van der Waals surface area contributed by atoms with Crippen molar-refractivity contribution in [3.63, 3.8) is 0 Å². The van der Waals surface area contributed by atoms with Crippen molar-refractivity contribution in [1.29, 1.82) is 0 Å². The number of hydrogen-bond acceptors (Lipinski definition) is 3. The highest BCUT2D eigenvalue weighted by Crippen LogP contribution is 2.32. The zero-order valence-corrected chi connectivity index (χ0v) is 18.8. The van der Waals surface area contributed by atoms with Crippen molar-refractivity contribution in [2.75, 3.05) is 18.4 Å². The summed E-state index contributed by atoms with van der Waals surface area (Å²) in [6.45, 7) is 3.89. The lowest BCUT2D eigenvalue weighted by atomic mass is 9.91. The molecule has 0 radical (unpaired) electrons. The summed E-state index contributed by atoms with van der Waals surface area (Å²) in [5, 5.41) is 11.8. The smallest absolute Gasteiger partial charge is 0.259 e. The topological polar surface area (TPSA) is 59.0 Å². The van der Waals surface area contributed by atoms with Crippen LogP contribution in [0.2, 0.25) is 10.0 Å². The molecule has 1 aliphatic heterocycles. The van der Waals surface area contributed by atoms with Crippen LogP contribution in [0.15, 0.2) is 48.7 Å². The molecule has 8 heteroatoms. The van der Waals surface area contributed by atoms with Gasteiger partial charge in [-0.15, -0.1) is 12.4 Å². The third-order valence-corrected chi connectivity index (χ3v) is 5.80. The molecule has 30 heavy (non-hydrogen) atoms. The number of hydrogen-bond donors (Lipinski definition) is 2. The summed E-state index contributed by atoms with van der Waals surface area (Å²) in [5.41, 5.74) is 4.12. The van der Waals surface area contributed by atoms with Gasteiger partial charge in [0.25, 0.3) is 5.91 Å². The van der Waals surface area contributed by atoms with Crippen molar-refractivity contribution >= 4 is 47.2 Å². The van der Waals surface area contributed by atoms with Crippen molar-refractivity contribution in [3.05, 3.63) is 75.5 Å². The van der Waals surface area contributed by atoms with Gasteiger partial charge >= 0.3 is 0 Å². The molecule has 1 amide bonds. The lowest BCUT2D eigenvalue weighted by molar-refractivity contribution is 0.102. The van der Waals surface area contributed by atoms with Crippen LogP contribution < -0.4 is 10.6 Å². The quantitative estimate of drug-likeness (QED) is 0.525. The lowest BCUT2D eigenvalue weighted by Gasteiger charge is -2.24. The Balaban J connectivity index is 0.00000256. The Bertz CT molecular complexity index is 1030. The number of amides is 1.